The highest BCUT2D eigenvalue weighted by atomic mass is 32.1. The van der Waals surface area contributed by atoms with Crippen LogP contribution < -0.4 is 5.32 Å². The molecule has 0 aliphatic rings. The van der Waals surface area contributed by atoms with Gasteiger partial charge < -0.3 is 10.2 Å². The SMILES string of the molecule is Cc1nc(C(C)C)sc1C(C)N(C)C(=O)C(=O)Nc1ccn(C)n1. The summed E-state index contributed by atoms with van der Waals surface area (Å²) >= 11 is 1.59. The molecule has 2 rings (SSSR count). The summed E-state index contributed by atoms with van der Waals surface area (Å²) in [6.45, 7) is 8.00. The highest BCUT2D eigenvalue weighted by molar-refractivity contribution is 7.11. The van der Waals surface area contributed by atoms with Gasteiger partial charge in [-0.15, -0.1) is 11.3 Å². The molecule has 2 amide bonds. The zero-order valence-electron chi connectivity index (χ0n) is 14.8. The van der Waals surface area contributed by atoms with E-state index in [0.29, 0.717) is 11.7 Å². The maximum atomic E-state index is 12.4. The Balaban J connectivity index is 2.10. The van der Waals surface area contributed by atoms with Gasteiger partial charge in [0.1, 0.15) is 0 Å². The number of nitrogens with zero attached hydrogens (tertiary/aromatic N) is 4. The lowest BCUT2D eigenvalue weighted by atomic mass is 10.2. The van der Waals surface area contributed by atoms with Crippen LogP contribution in [0.2, 0.25) is 0 Å². The van der Waals surface area contributed by atoms with Crippen molar-refractivity contribution in [2.24, 2.45) is 7.05 Å². The van der Waals surface area contributed by atoms with E-state index in [2.05, 4.69) is 29.2 Å². The summed E-state index contributed by atoms with van der Waals surface area (Å²) in [6.07, 6.45) is 1.69. The molecule has 0 saturated heterocycles. The molecule has 130 valence electrons. The van der Waals surface area contributed by atoms with Crippen molar-refractivity contribution in [3.05, 3.63) is 27.8 Å². The van der Waals surface area contributed by atoms with E-state index in [1.54, 1.807) is 42.4 Å². The van der Waals surface area contributed by atoms with Crippen molar-refractivity contribution >= 4 is 29.0 Å². The van der Waals surface area contributed by atoms with E-state index in [-0.39, 0.29) is 6.04 Å². The van der Waals surface area contributed by atoms with Gasteiger partial charge in [0.25, 0.3) is 0 Å². The standard InChI is InChI=1S/C16H23N5O2S/c1-9(2)15-17-10(3)13(24-15)11(4)21(6)16(23)14(22)18-12-7-8-20(5)19-12/h7-9,11H,1-6H3,(H,18,19,22). The molecule has 0 aromatic carbocycles. The summed E-state index contributed by atoms with van der Waals surface area (Å²) in [4.78, 5) is 31.5. The van der Waals surface area contributed by atoms with Gasteiger partial charge in [-0.3, -0.25) is 14.3 Å². The number of carbonyl (C=O) groups excluding carboxylic acids is 2. The lowest BCUT2D eigenvalue weighted by Crippen LogP contribution is -2.38. The van der Waals surface area contributed by atoms with E-state index in [1.165, 1.54) is 4.90 Å². The number of aromatic nitrogens is 3. The molecule has 1 unspecified atom stereocenters. The molecule has 0 aliphatic heterocycles. The lowest BCUT2D eigenvalue weighted by Gasteiger charge is -2.23. The first kappa shape index (κ1) is 18.1. The minimum atomic E-state index is -0.700. The van der Waals surface area contributed by atoms with Crippen LogP contribution in [0.25, 0.3) is 0 Å². The number of rotatable bonds is 4. The van der Waals surface area contributed by atoms with E-state index in [0.717, 1.165) is 15.6 Å². The second-order valence-electron chi connectivity index (χ2n) is 6.08. The monoisotopic (exact) mass is 349 g/mol. The van der Waals surface area contributed by atoms with Crippen LogP contribution in [0.4, 0.5) is 5.82 Å². The van der Waals surface area contributed by atoms with Crippen LogP contribution in [0.15, 0.2) is 12.3 Å². The smallest absolute Gasteiger partial charge is 0.315 e. The Kier molecular flexibility index (Phi) is 5.38. The van der Waals surface area contributed by atoms with Crippen molar-refractivity contribution in [2.75, 3.05) is 12.4 Å². The zero-order valence-corrected chi connectivity index (χ0v) is 15.6. The molecule has 8 heteroatoms. The molecule has 24 heavy (non-hydrogen) atoms. The van der Waals surface area contributed by atoms with Gasteiger partial charge in [0, 0.05) is 37.2 Å². The third kappa shape index (κ3) is 3.81. The minimum absolute atomic E-state index is 0.225. The van der Waals surface area contributed by atoms with Gasteiger partial charge in [0.2, 0.25) is 0 Å². The quantitative estimate of drug-likeness (QED) is 0.860. The third-order valence-corrected chi connectivity index (χ3v) is 5.40. The Labute approximate surface area is 145 Å². The summed E-state index contributed by atoms with van der Waals surface area (Å²) < 4.78 is 1.56. The van der Waals surface area contributed by atoms with Gasteiger partial charge in [-0.2, -0.15) is 5.10 Å². The van der Waals surface area contributed by atoms with E-state index in [1.807, 2.05) is 13.8 Å². The molecular weight excluding hydrogens is 326 g/mol. The van der Waals surface area contributed by atoms with Crippen molar-refractivity contribution in [3.63, 3.8) is 0 Å². The fraction of sp³-hybridized carbons (Fsp3) is 0.500. The largest absolute Gasteiger partial charge is 0.330 e. The number of nitrogens with one attached hydrogen (secondary N) is 1. The number of hydrogen-bond donors (Lipinski definition) is 1. The molecule has 0 fully saturated rings. The Hall–Kier alpha value is -2.22. The normalized spacial score (nSPS) is 12.3. The van der Waals surface area contributed by atoms with Crippen molar-refractivity contribution in [2.45, 2.75) is 39.7 Å². The molecule has 0 aliphatic carbocycles. The van der Waals surface area contributed by atoms with Gasteiger partial charge in [0.15, 0.2) is 5.82 Å². The van der Waals surface area contributed by atoms with E-state index < -0.39 is 11.8 Å². The van der Waals surface area contributed by atoms with Crippen LogP contribution in [-0.4, -0.2) is 38.5 Å². The zero-order chi connectivity index (χ0) is 18.0. The molecule has 7 nitrogen and oxygen atoms in total. The van der Waals surface area contributed by atoms with E-state index in [4.69, 9.17) is 0 Å². The van der Waals surface area contributed by atoms with Gasteiger partial charge in [-0.05, 0) is 13.8 Å². The first-order valence-electron chi connectivity index (χ1n) is 7.75. The Morgan fingerprint density at radius 2 is 2.00 bits per heavy atom. The number of carbonyl (C=O) groups is 2. The van der Waals surface area contributed by atoms with Crippen molar-refractivity contribution < 1.29 is 9.59 Å². The highest BCUT2D eigenvalue weighted by Gasteiger charge is 2.27. The number of hydrogen-bond acceptors (Lipinski definition) is 5. The number of thiazole rings is 1. The Morgan fingerprint density at radius 3 is 2.50 bits per heavy atom. The van der Waals surface area contributed by atoms with E-state index >= 15 is 0 Å². The average Bonchev–Trinajstić information content (AvgIpc) is 3.10. The molecular formula is C16H23N5O2S. The first-order valence-corrected chi connectivity index (χ1v) is 8.57. The Morgan fingerprint density at radius 1 is 1.33 bits per heavy atom. The van der Waals surface area contributed by atoms with E-state index in [9.17, 15) is 9.59 Å². The van der Waals surface area contributed by atoms with Crippen LogP contribution in [0.1, 0.15) is 48.3 Å². The fourth-order valence-electron chi connectivity index (χ4n) is 2.23. The number of aryl methyl sites for hydroxylation is 2. The molecule has 0 radical (unpaired) electrons. The lowest BCUT2D eigenvalue weighted by molar-refractivity contribution is -0.143. The topological polar surface area (TPSA) is 80.1 Å². The summed E-state index contributed by atoms with van der Waals surface area (Å²) in [6, 6.07) is 1.41. The van der Waals surface area contributed by atoms with Crippen LogP contribution in [0, 0.1) is 6.92 Å². The van der Waals surface area contributed by atoms with Crippen LogP contribution >= 0.6 is 11.3 Å². The fourth-order valence-corrected chi connectivity index (χ4v) is 3.39. The molecule has 1 atom stereocenters. The molecule has 2 aromatic heterocycles. The van der Waals surface area contributed by atoms with Crippen LogP contribution in [0.5, 0.6) is 0 Å². The second kappa shape index (κ2) is 7.12. The van der Waals surface area contributed by atoms with Gasteiger partial charge in [-0.1, -0.05) is 13.8 Å². The summed E-state index contributed by atoms with van der Waals surface area (Å²) in [5.74, 6) is -0.613. The maximum absolute atomic E-state index is 12.4. The molecule has 2 aromatic rings. The molecule has 0 spiro atoms. The summed E-state index contributed by atoms with van der Waals surface area (Å²) in [5.41, 5.74) is 0.904. The second-order valence-corrected chi connectivity index (χ2v) is 7.14. The first-order chi connectivity index (χ1) is 11.2. The number of amides is 2. The predicted octanol–water partition coefficient (Wildman–Crippen LogP) is 2.47. The third-order valence-electron chi connectivity index (χ3n) is 3.77. The van der Waals surface area contributed by atoms with Gasteiger partial charge >= 0.3 is 11.8 Å². The average molecular weight is 349 g/mol. The molecule has 0 bridgehead atoms. The molecule has 0 saturated carbocycles. The maximum Gasteiger partial charge on any atom is 0.315 e. The number of likely N-dealkylation sites (N-methyl/N-ethyl adjacent to an activating group) is 1. The van der Waals surface area contributed by atoms with Crippen molar-refractivity contribution in [3.8, 4) is 0 Å². The van der Waals surface area contributed by atoms with Crippen LogP contribution in [-0.2, 0) is 16.6 Å². The molecule has 2 heterocycles. The van der Waals surface area contributed by atoms with Crippen LogP contribution in [0.3, 0.4) is 0 Å². The van der Waals surface area contributed by atoms with Crippen molar-refractivity contribution in [1.29, 1.82) is 0 Å². The highest BCUT2D eigenvalue weighted by Crippen LogP contribution is 2.31. The van der Waals surface area contributed by atoms with Crippen molar-refractivity contribution in [1.82, 2.24) is 19.7 Å². The summed E-state index contributed by atoms with van der Waals surface area (Å²) in [7, 11) is 3.36. The number of anilines is 1. The molecule has 1 N–H and O–H groups in total. The minimum Gasteiger partial charge on any atom is -0.330 e. The van der Waals surface area contributed by atoms with Gasteiger partial charge in [0.05, 0.1) is 16.7 Å². The summed E-state index contributed by atoms with van der Waals surface area (Å²) in [5, 5.41) is 7.59. The van der Waals surface area contributed by atoms with Gasteiger partial charge in [-0.25, -0.2) is 4.98 Å². The Bertz CT molecular complexity index is 749. The predicted molar refractivity (Wildman–Crippen MR) is 94.0 cm³/mol.